The number of hydrogen-bond acceptors (Lipinski definition) is 5. The van der Waals surface area contributed by atoms with Crippen molar-refractivity contribution in [2.75, 3.05) is 16.8 Å². The van der Waals surface area contributed by atoms with Crippen LogP contribution in [-0.4, -0.2) is 22.4 Å². The molecule has 0 aliphatic heterocycles. The van der Waals surface area contributed by atoms with Crippen LogP contribution in [0.5, 0.6) is 0 Å². The number of rotatable bonds is 5. The van der Waals surface area contributed by atoms with Crippen LogP contribution in [0, 0.1) is 25.2 Å². The van der Waals surface area contributed by atoms with Gasteiger partial charge in [0.2, 0.25) is 0 Å². The number of amides is 1. The number of aryl methyl sites for hydroxylation is 2. The lowest BCUT2D eigenvalue weighted by atomic mass is 10.2. The molecule has 0 atom stereocenters. The maximum absolute atomic E-state index is 12.8. The van der Waals surface area contributed by atoms with Crippen molar-refractivity contribution in [3.63, 3.8) is 0 Å². The van der Waals surface area contributed by atoms with E-state index in [4.69, 9.17) is 0 Å². The molecule has 0 unspecified atom stereocenters. The topological polar surface area (TPSA) is 81.9 Å². The van der Waals surface area contributed by atoms with Crippen LogP contribution in [0.3, 0.4) is 0 Å². The number of nitrogens with zero attached hydrogens (tertiary/aromatic N) is 4. The summed E-state index contributed by atoms with van der Waals surface area (Å²) >= 11 is 0. The van der Waals surface area contributed by atoms with E-state index in [1.165, 1.54) is 0 Å². The molecule has 3 aromatic rings. The molecular weight excluding hydrogens is 350 g/mol. The number of aromatic nitrogens is 2. The van der Waals surface area contributed by atoms with Crippen molar-refractivity contribution in [3.05, 3.63) is 77.2 Å². The molecule has 0 aliphatic carbocycles. The third kappa shape index (κ3) is 4.15. The molecule has 140 valence electrons. The van der Waals surface area contributed by atoms with Gasteiger partial charge in [0.15, 0.2) is 0 Å². The maximum atomic E-state index is 12.8. The summed E-state index contributed by atoms with van der Waals surface area (Å²) in [5, 5.41) is 12.0. The first-order valence-corrected chi connectivity index (χ1v) is 9.02. The van der Waals surface area contributed by atoms with Crippen LogP contribution in [0.25, 0.3) is 0 Å². The highest BCUT2D eigenvalue weighted by atomic mass is 16.1. The van der Waals surface area contributed by atoms with Gasteiger partial charge in [0.25, 0.3) is 5.91 Å². The van der Waals surface area contributed by atoms with E-state index in [0.717, 1.165) is 11.3 Å². The summed E-state index contributed by atoms with van der Waals surface area (Å²) in [5.74, 6) is 0.774. The minimum atomic E-state index is -0.380. The van der Waals surface area contributed by atoms with Crippen LogP contribution in [0.4, 0.5) is 17.2 Å². The van der Waals surface area contributed by atoms with E-state index >= 15 is 0 Å². The molecule has 28 heavy (non-hydrogen) atoms. The van der Waals surface area contributed by atoms with E-state index < -0.39 is 0 Å². The van der Waals surface area contributed by atoms with Crippen LogP contribution in [-0.2, 0) is 0 Å². The molecule has 1 amide bonds. The quantitative estimate of drug-likeness (QED) is 0.720. The number of benzene rings is 2. The fraction of sp³-hybridized carbons (Fsp3) is 0.182. The van der Waals surface area contributed by atoms with Gasteiger partial charge in [-0.3, -0.25) is 4.79 Å². The van der Waals surface area contributed by atoms with Crippen LogP contribution in [0.2, 0.25) is 0 Å². The minimum absolute atomic E-state index is 0.251. The van der Waals surface area contributed by atoms with Crippen LogP contribution in [0.1, 0.15) is 34.4 Å². The van der Waals surface area contributed by atoms with E-state index in [1.807, 2.05) is 36.9 Å². The SMILES string of the molecule is CCN(c1cccc(C)c1)c1cc(C(=O)Nc2ccccc2C#N)nc(C)n1. The number of para-hydroxylation sites is 1. The second-order valence-corrected chi connectivity index (χ2v) is 6.35. The molecule has 0 aliphatic rings. The molecule has 0 spiro atoms. The molecule has 0 saturated carbocycles. The summed E-state index contributed by atoms with van der Waals surface area (Å²) in [5.41, 5.74) is 3.26. The zero-order valence-corrected chi connectivity index (χ0v) is 16.1. The lowest BCUT2D eigenvalue weighted by Gasteiger charge is -2.23. The lowest BCUT2D eigenvalue weighted by molar-refractivity contribution is 0.102. The van der Waals surface area contributed by atoms with Gasteiger partial charge >= 0.3 is 0 Å². The minimum Gasteiger partial charge on any atom is -0.327 e. The van der Waals surface area contributed by atoms with Crippen LogP contribution >= 0.6 is 0 Å². The third-order valence-corrected chi connectivity index (χ3v) is 4.26. The predicted molar refractivity (Wildman–Crippen MR) is 110 cm³/mol. The Morgan fingerprint density at radius 3 is 2.61 bits per heavy atom. The van der Waals surface area contributed by atoms with Gasteiger partial charge in [0.1, 0.15) is 23.4 Å². The predicted octanol–water partition coefficient (Wildman–Crippen LogP) is 4.38. The van der Waals surface area contributed by atoms with Gasteiger partial charge in [-0.1, -0.05) is 24.3 Å². The van der Waals surface area contributed by atoms with Crippen molar-refractivity contribution in [3.8, 4) is 6.07 Å². The number of carbonyl (C=O) groups is 1. The van der Waals surface area contributed by atoms with E-state index in [2.05, 4.69) is 27.4 Å². The van der Waals surface area contributed by atoms with Crippen molar-refractivity contribution >= 4 is 23.1 Å². The van der Waals surface area contributed by atoms with E-state index in [0.29, 0.717) is 29.4 Å². The standard InChI is InChI=1S/C22H21N5O/c1-4-27(18-10-7-8-15(2)12-18)21-13-20(24-16(3)25-21)22(28)26-19-11-6-5-9-17(19)14-23/h5-13H,4H2,1-3H3,(H,26,28). The molecule has 1 N–H and O–H groups in total. The summed E-state index contributed by atoms with van der Waals surface area (Å²) < 4.78 is 0. The molecule has 1 heterocycles. The van der Waals surface area contributed by atoms with Gasteiger partial charge in [-0.2, -0.15) is 5.26 Å². The van der Waals surface area contributed by atoms with Gasteiger partial charge in [-0.15, -0.1) is 0 Å². The van der Waals surface area contributed by atoms with Crippen LogP contribution in [0.15, 0.2) is 54.6 Å². The van der Waals surface area contributed by atoms with Gasteiger partial charge in [-0.25, -0.2) is 9.97 Å². The first-order valence-electron chi connectivity index (χ1n) is 9.02. The lowest BCUT2D eigenvalue weighted by Crippen LogP contribution is -2.21. The third-order valence-electron chi connectivity index (χ3n) is 4.26. The largest absolute Gasteiger partial charge is 0.327 e. The number of carbonyl (C=O) groups excluding carboxylic acids is 1. The molecule has 0 saturated heterocycles. The average Bonchev–Trinajstić information content (AvgIpc) is 2.68. The van der Waals surface area contributed by atoms with Crippen molar-refractivity contribution < 1.29 is 4.79 Å². The van der Waals surface area contributed by atoms with Gasteiger partial charge in [0.05, 0.1) is 11.3 Å². The Labute approximate surface area is 164 Å². The number of nitrogens with one attached hydrogen (secondary N) is 1. The Hall–Kier alpha value is -3.72. The van der Waals surface area contributed by atoms with Crippen molar-refractivity contribution in [2.24, 2.45) is 0 Å². The maximum Gasteiger partial charge on any atom is 0.274 e. The monoisotopic (exact) mass is 371 g/mol. The molecule has 3 rings (SSSR count). The van der Waals surface area contributed by atoms with Gasteiger partial charge in [-0.05, 0) is 50.6 Å². The van der Waals surface area contributed by atoms with Crippen molar-refractivity contribution in [1.82, 2.24) is 9.97 Å². The Balaban J connectivity index is 1.94. The second kappa shape index (κ2) is 8.31. The Kier molecular flexibility index (Phi) is 5.66. The highest BCUT2D eigenvalue weighted by Gasteiger charge is 2.16. The Morgan fingerprint density at radius 1 is 1.11 bits per heavy atom. The molecule has 0 fully saturated rings. The fourth-order valence-electron chi connectivity index (χ4n) is 2.96. The van der Waals surface area contributed by atoms with E-state index in [-0.39, 0.29) is 11.6 Å². The molecule has 6 heteroatoms. The highest BCUT2D eigenvalue weighted by molar-refractivity contribution is 6.04. The van der Waals surface area contributed by atoms with Gasteiger partial charge in [0, 0.05) is 18.3 Å². The van der Waals surface area contributed by atoms with Crippen LogP contribution < -0.4 is 10.2 Å². The molecule has 0 bridgehead atoms. The Bertz CT molecular complexity index is 1050. The van der Waals surface area contributed by atoms with Crippen molar-refractivity contribution in [2.45, 2.75) is 20.8 Å². The fourth-order valence-corrected chi connectivity index (χ4v) is 2.96. The normalized spacial score (nSPS) is 10.2. The molecule has 1 aromatic heterocycles. The molecule has 6 nitrogen and oxygen atoms in total. The summed E-state index contributed by atoms with van der Waals surface area (Å²) in [6.45, 7) is 6.52. The molecule has 2 aromatic carbocycles. The zero-order chi connectivity index (χ0) is 20.1. The summed E-state index contributed by atoms with van der Waals surface area (Å²) in [4.78, 5) is 23.6. The number of nitriles is 1. The highest BCUT2D eigenvalue weighted by Crippen LogP contribution is 2.25. The first kappa shape index (κ1) is 19.1. The van der Waals surface area contributed by atoms with Gasteiger partial charge < -0.3 is 10.2 Å². The first-order chi connectivity index (χ1) is 13.5. The number of anilines is 3. The van der Waals surface area contributed by atoms with Crippen molar-refractivity contribution in [1.29, 1.82) is 5.26 Å². The summed E-state index contributed by atoms with van der Waals surface area (Å²) in [6.07, 6.45) is 0. The van der Waals surface area contributed by atoms with E-state index in [1.54, 1.807) is 37.3 Å². The van der Waals surface area contributed by atoms with E-state index in [9.17, 15) is 10.1 Å². The summed E-state index contributed by atoms with van der Waals surface area (Å²) in [6, 6.07) is 18.7. The Morgan fingerprint density at radius 2 is 1.89 bits per heavy atom. The molecule has 0 radical (unpaired) electrons. The number of hydrogen-bond donors (Lipinski definition) is 1. The smallest absolute Gasteiger partial charge is 0.274 e. The summed E-state index contributed by atoms with van der Waals surface area (Å²) in [7, 11) is 0. The molecular formula is C22H21N5O. The second-order valence-electron chi connectivity index (χ2n) is 6.35. The average molecular weight is 371 g/mol. The zero-order valence-electron chi connectivity index (χ0n) is 16.1.